The van der Waals surface area contributed by atoms with Gasteiger partial charge in [0.2, 0.25) is 0 Å². The quantitative estimate of drug-likeness (QED) is 0.213. The second kappa shape index (κ2) is 9.68. The molecule has 0 atom stereocenters. The average Bonchev–Trinajstić information content (AvgIpc) is 3.62. The summed E-state index contributed by atoms with van der Waals surface area (Å²) in [5, 5.41) is 23.9. The number of benzene rings is 6. The van der Waals surface area contributed by atoms with Gasteiger partial charge in [-0.3, -0.25) is 0 Å². The summed E-state index contributed by atoms with van der Waals surface area (Å²) in [7, 11) is 0. The fourth-order valence-corrected chi connectivity index (χ4v) is 8.19. The van der Waals surface area contributed by atoms with Crippen molar-refractivity contribution in [1.29, 1.82) is 10.5 Å². The molecule has 194 valence electrons. The fourth-order valence-electron chi connectivity index (χ4n) is 5.89. The lowest BCUT2D eigenvalue weighted by Gasteiger charge is -2.12. The normalized spacial score (nSPS) is 11.3. The van der Waals surface area contributed by atoms with E-state index in [1.54, 1.807) is 11.3 Å². The van der Waals surface area contributed by atoms with Crippen LogP contribution in [0.5, 0.6) is 0 Å². The zero-order valence-corrected chi connectivity index (χ0v) is 23.9. The molecule has 0 fully saturated rings. The topological polar surface area (TPSA) is 47.6 Å². The van der Waals surface area contributed by atoms with Crippen LogP contribution in [0.4, 0.5) is 0 Å². The third-order valence-corrected chi connectivity index (χ3v) is 10.3. The van der Waals surface area contributed by atoms with Crippen LogP contribution in [0.2, 0.25) is 0 Å². The van der Waals surface area contributed by atoms with Gasteiger partial charge in [0, 0.05) is 40.3 Å². The molecule has 42 heavy (non-hydrogen) atoms. The lowest BCUT2D eigenvalue weighted by Crippen LogP contribution is -1.87. The zero-order valence-electron chi connectivity index (χ0n) is 22.3. The number of hydrogen-bond acceptors (Lipinski definition) is 4. The first kappa shape index (κ1) is 24.5. The van der Waals surface area contributed by atoms with Crippen LogP contribution in [-0.2, 0) is 0 Å². The summed E-state index contributed by atoms with van der Waals surface area (Å²) in [6.45, 7) is 0. The molecule has 8 aromatic rings. The van der Waals surface area contributed by atoms with Crippen molar-refractivity contribution >= 4 is 63.0 Å². The fraction of sp³-hybridized carbons (Fsp3) is 0. The summed E-state index contributed by atoms with van der Waals surface area (Å²) in [5.74, 6) is 0. The summed E-state index contributed by atoms with van der Waals surface area (Å²) in [4.78, 5) is 0. The highest BCUT2D eigenvalue weighted by Gasteiger charge is 2.14. The Hall–Kier alpha value is -5.26. The molecule has 0 aliphatic rings. The highest BCUT2D eigenvalue weighted by molar-refractivity contribution is 7.26. The summed E-state index contributed by atoms with van der Waals surface area (Å²) < 4.78 is 4.94. The Balaban J connectivity index is 1.39. The maximum absolute atomic E-state index is 9.60. The predicted octanol–water partition coefficient (Wildman–Crippen LogP) is 11.2. The number of nitriles is 2. The molecule has 6 aromatic carbocycles. The van der Waals surface area contributed by atoms with Gasteiger partial charge in [-0.25, -0.2) is 0 Å². The molecule has 0 aliphatic carbocycles. The lowest BCUT2D eigenvalue weighted by atomic mass is 9.92. The Morgan fingerprint density at radius 1 is 0.405 bits per heavy atom. The number of nitrogens with zero attached hydrogens (tertiary/aromatic N) is 2. The van der Waals surface area contributed by atoms with Gasteiger partial charge in [-0.2, -0.15) is 10.5 Å². The molecule has 2 nitrogen and oxygen atoms in total. The van der Waals surface area contributed by atoms with E-state index in [-0.39, 0.29) is 0 Å². The Bertz CT molecular complexity index is 2450. The Morgan fingerprint density at radius 3 is 1.88 bits per heavy atom. The molecule has 8 rings (SSSR count). The molecule has 0 bridgehead atoms. The van der Waals surface area contributed by atoms with Gasteiger partial charge in [0.15, 0.2) is 0 Å². The van der Waals surface area contributed by atoms with Crippen LogP contribution in [0, 0.1) is 22.7 Å². The predicted molar refractivity (Wildman–Crippen MR) is 178 cm³/mol. The molecular weight excluding hydrogens is 549 g/mol. The van der Waals surface area contributed by atoms with Crippen LogP contribution >= 0.6 is 22.7 Å². The van der Waals surface area contributed by atoms with Crippen molar-refractivity contribution in [2.75, 3.05) is 0 Å². The maximum Gasteiger partial charge on any atom is 0.0991 e. The average molecular weight is 569 g/mol. The van der Waals surface area contributed by atoms with E-state index in [2.05, 4.69) is 97.1 Å². The van der Waals surface area contributed by atoms with Gasteiger partial charge in [0.05, 0.1) is 23.3 Å². The molecule has 0 amide bonds. The first-order chi connectivity index (χ1) is 20.7. The Morgan fingerprint density at radius 2 is 1.05 bits per heavy atom. The van der Waals surface area contributed by atoms with Gasteiger partial charge in [-0.1, -0.05) is 54.6 Å². The molecule has 0 N–H and O–H groups in total. The summed E-state index contributed by atoms with van der Waals surface area (Å²) in [5.41, 5.74) is 7.98. The van der Waals surface area contributed by atoms with E-state index in [1.807, 2.05) is 47.7 Å². The van der Waals surface area contributed by atoms with E-state index in [4.69, 9.17) is 0 Å². The van der Waals surface area contributed by atoms with E-state index in [0.717, 1.165) is 38.6 Å². The molecule has 0 unspecified atom stereocenters. The third-order valence-electron chi connectivity index (χ3n) is 7.90. The number of hydrogen-bond donors (Lipinski definition) is 0. The summed E-state index contributed by atoms with van der Waals surface area (Å²) >= 11 is 3.59. The molecule has 0 saturated heterocycles. The second-order valence-electron chi connectivity index (χ2n) is 10.4. The number of fused-ring (bicyclic) bond motifs is 6. The van der Waals surface area contributed by atoms with Crippen molar-refractivity contribution < 1.29 is 0 Å². The molecule has 2 heterocycles. The summed E-state index contributed by atoms with van der Waals surface area (Å²) in [6.07, 6.45) is 0. The largest absolute Gasteiger partial charge is 0.192 e. The Kier molecular flexibility index (Phi) is 5.66. The van der Waals surface area contributed by atoms with Gasteiger partial charge in [-0.05, 0) is 100 Å². The van der Waals surface area contributed by atoms with Gasteiger partial charge in [0.25, 0.3) is 0 Å². The maximum atomic E-state index is 9.60. The minimum Gasteiger partial charge on any atom is -0.192 e. The van der Waals surface area contributed by atoms with E-state index in [1.165, 1.54) is 35.1 Å². The second-order valence-corrected chi connectivity index (χ2v) is 12.5. The Labute approximate surface area is 250 Å². The number of thiophene rings is 2. The van der Waals surface area contributed by atoms with Crippen LogP contribution in [-0.4, -0.2) is 0 Å². The molecule has 2 aromatic heterocycles. The van der Waals surface area contributed by atoms with E-state index in [0.29, 0.717) is 11.1 Å². The number of rotatable bonds is 3. The zero-order chi connectivity index (χ0) is 28.2. The van der Waals surface area contributed by atoms with Crippen LogP contribution in [0.1, 0.15) is 11.1 Å². The molecule has 4 heteroatoms. The smallest absolute Gasteiger partial charge is 0.0991 e. The first-order valence-electron chi connectivity index (χ1n) is 13.6. The van der Waals surface area contributed by atoms with Crippen molar-refractivity contribution in [3.8, 4) is 45.5 Å². The minimum atomic E-state index is 0.644. The highest BCUT2D eigenvalue weighted by atomic mass is 32.1. The van der Waals surface area contributed by atoms with E-state index in [9.17, 15) is 10.5 Å². The van der Waals surface area contributed by atoms with Crippen molar-refractivity contribution in [1.82, 2.24) is 0 Å². The summed E-state index contributed by atoms with van der Waals surface area (Å²) in [6, 6.07) is 46.9. The molecule has 0 aliphatic heterocycles. The van der Waals surface area contributed by atoms with Crippen molar-refractivity contribution in [2.24, 2.45) is 0 Å². The van der Waals surface area contributed by atoms with Gasteiger partial charge in [-0.15, -0.1) is 22.7 Å². The van der Waals surface area contributed by atoms with Crippen molar-refractivity contribution in [3.05, 3.63) is 132 Å². The standard InChI is InChI=1S/C38H20N2S2/c39-21-23-5-3-6-25(15-23)27-17-28(26-12-14-37-34(20-26)33-16-24(22-40)11-13-36(33)41-37)19-29(18-27)30-8-4-9-32-31-7-1-2-10-35(31)42-38(30)32/h1-20H. The third kappa shape index (κ3) is 3.98. The lowest BCUT2D eigenvalue weighted by molar-refractivity contribution is 1.48. The van der Waals surface area contributed by atoms with Gasteiger partial charge >= 0.3 is 0 Å². The highest BCUT2D eigenvalue weighted by Crippen LogP contribution is 2.43. The first-order valence-corrected chi connectivity index (χ1v) is 15.2. The minimum absolute atomic E-state index is 0.644. The van der Waals surface area contributed by atoms with Crippen LogP contribution in [0.15, 0.2) is 121 Å². The van der Waals surface area contributed by atoms with Crippen LogP contribution in [0.3, 0.4) is 0 Å². The monoisotopic (exact) mass is 568 g/mol. The van der Waals surface area contributed by atoms with Gasteiger partial charge in [0.1, 0.15) is 0 Å². The van der Waals surface area contributed by atoms with Crippen LogP contribution in [0.25, 0.3) is 73.7 Å². The van der Waals surface area contributed by atoms with Crippen LogP contribution < -0.4 is 0 Å². The SMILES string of the molecule is N#Cc1cccc(-c2cc(-c3ccc4sc5ccc(C#N)cc5c4c3)cc(-c3cccc4c3sc3ccccc34)c2)c1. The van der Waals surface area contributed by atoms with Crippen molar-refractivity contribution in [3.63, 3.8) is 0 Å². The van der Waals surface area contributed by atoms with E-state index >= 15 is 0 Å². The van der Waals surface area contributed by atoms with Gasteiger partial charge < -0.3 is 0 Å². The van der Waals surface area contributed by atoms with E-state index < -0.39 is 0 Å². The molecular formula is C38H20N2S2. The molecule has 0 saturated carbocycles. The molecule has 0 spiro atoms. The molecule has 0 radical (unpaired) electrons. The van der Waals surface area contributed by atoms with Crippen molar-refractivity contribution in [2.45, 2.75) is 0 Å².